The maximum Gasteiger partial charge on any atom is 0.319 e. The standard InChI is InChI=1S/C20H34N4O/c1-14(2)17-8-7-9-18(15(3)4)19(17)22-20(25)21-12-16-13-23(5)10-11-24(16)6/h7-9,14-16H,10-13H2,1-6H3,(H2,21,22,25)/t16-/m1/s1. The van der Waals surface area contributed by atoms with Crippen molar-refractivity contribution in [1.82, 2.24) is 15.1 Å². The van der Waals surface area contributed by atoms with E-state index in [2.05, 4.69) is 80.4 Å². The fourth-order valence-electron chi connectivity index (χ4n) is 3.39. The van der Waals surface area contributed by atoms with E-state index in [1.54, 1.807) is 0 Å². The van der Waals surface area contributed by atoms with Crippen molar-refractivity contribution in [2.24, 2.45) is 0 Å². The molecule has 25 heavy (non-hydrogen) atoms. The van der Waals surface area contributed by atoms with E-state index in [9.17, 15) is 4.79 Å². The number of nitrogens with zero attached hydrogens (tertiary/aromatic N) is 2. The zero-order valence-electron chi connectivity index (χ0n) is 16.6. The summed E-state index contributed by atoms with van der Waals surface area (Å²) in [6.07, 6.45) is 0. The highest BCUT2D eigenvalue weighted by Gasteiger charge is 2.23. The third-order valence-corrected chi connectivity index (χ3v) is 5.09. The Balaban J connectivity index is 2.05. The number of carbonyl (C=O) groups excluding carboxylic acids is 1. The van der Waals surface area contributed by atoms with Gasteiger partial charge in [-0.25, -0.2) is 4.79 Å². The Bertz CT molecular complexity index is 559. The van der Waals surface area contributed by atoms with Gasteiger partial charge in [-0.1, -0.05) is 45.9 Å². The van der Waals surface area contributed by atoms with Gasteiger partial charge in [0.1, 0.15) is 0 Å². The minimum atomic E-state index is -0.114. The molecule has 1 fully saturated rings. The molecule has 1 aromatic carbocycles. The van der Waals surface area contributed by atoms with Crippen molar-refractivity contribution in [2.45, 2.75) is 45.6 Å². The van der Waals surface area contributed by atoms with Crippen molar-refractivity contribution in [3.05, 3.63) is 29.3 Å². The second-order valence-electron chi connectivity index (χ2n) is 7.85. The summed E-state index contributed by atoms with van der Waals surface area (Å²) in [6, 6.07) is 6.54. The van der Waals surface area contributed by atoms with Crippen LogP contribution in [0.1, 0.15) is 50.7 Å². The lowest BCUT2D eigenvalue weighted by atomic mass is 9.93. The van der Waals surface area contributed by atoms with Gasteiger partial charge in [-0.05, 0) is 37.1 Å². The van der Waals surface area contributed by atoms with E-state index < -0.39 is 0 Å². The van der Waals surface area contributed by atoms with Gasteiger partial charge in [0.05, 0.1) is 0 Å². The number of benzene rings is 1. The van der Waals surface area contributed by atoms with Crippen molar-refractivity contribution in [1.29, 1.82) is 0 Å². The van der Waals surface area contributed by atoms with Crippen molar-refractivity contribution in [3.8, 4) is 0 Å². The third kappa shape index (κ3) is 5.19. The molecule has 1 saturated heterocycles. The van der Waals surface area contributed by atoms with Crippen LogP contribution in [0.2, 0.25) is 0 Å². The topological polar surface area (TPSA) is 47.6 Å². The SMILES string of the molecule is CC(C)c1cccc(C(C)C)c1NC(=O)NC[C@@H]1CN(C)CCN1C. The molecule has 5 heteroatoms. The highest BCUT2D eigenvalue weighted by molar-refractivity contribution is 5.91. The van der Waals surface area contributed by atoms with Crippen LogP contribution in [-0.4, -0.2) is 62.1 Å². The minimum absolute atomic E-state index is 0.114. The number of likely N-dealkylation sites (N-methyl/N-ethyl adjacent to an activating group) is 2. The molecular weight excluding hydrogens is 312 g/mol. The third-order valence-electron chi connectivity index (χ3n) is 5.09. The number of nitrogens with one attached hydrogen (secondary N) is 2. The molecule has 1 heterocycles. The smallest absolute Gasteiger partial charge is 0.319 e. The molecule has 1 aliphatic rings. The molecule has 0 saturated carbocycles. The molecule has 1 aliphatic heterocycles. The summed E-state index contributed by atoms with van der Waals surface area (Å²) in [7, 11) is 4.26. The lowest BCUT2D eigenvalue weighted by Gasteiger charge is -2.37. The van der Waals surface area contributed by atoms with E-state index >= 15 is 0 Å². The molecule has 0 aliphatic carbocycles. The molecule has 2 rings (SSSR count). The van der Waals surface area contributed by atoms with Crippen molar-refractivity contribution < 1.29 is 4.79 Å². The first-order chi connectivity index (χ1) is 11.8. The minimum Gasteiger partial charge on any atom is -0.336 e. The number of urea groups is 1. The van der Waals surface area contributed by atoms with E-state index in [1.165, 1.54) is 11.1 Å². The Kier molecular flexibility index (Phi) is 6.85. The Labute approximate surface area is 152 Å². The average Bonchev–Trinajstić information content (AvgIpc) is 2.55. The number of piperazine rings is 1. The Morgan fingerprint density at radius 2 is 1.72 bits per heavy atom. The number of rotatable bonds is 5. The Morgan fingerprint density at radius 3 is 2.28 bits per heavy atom. The van der Waals surface area contributed by atoms with Crippen LogP contribution in [0.3, 0.4) is 0 Å². The maximum absolute atomic E-state index is 12.5. The van der Waals surface area contributed by atoms with Gasteiger partial charge < -0.3 is 15.5 Å². The number of carbonyl (C=O) groups is 1. The van der Waals surface area contributed by atoms with Crippen LogP contribution in [0.15, 0.2) is 18.2 Å². The molecule has 0 unspecified atom stereocenters. The van der Waals surface area contributed by atoms with Gasteiger partial charge in [-0.15, -0.1) is 0 Å². The van der Waals surface area contributed by atoms with Crippen LogP contribution in [0.5, 0.6) is 0 Å². The number of amides is 2. The summed E-state index contributed by atoms with van der Waals surface area (Å²) >= 11 is 0. The predicted octanol–water partition coefficient (Wildman–Crippen LogP) is 3.30. The van der Waals surface area contributed by atoms with Crippen molar-refractivity contribution in [2.75, 3.05) is 45.6 Å². The molecule has 5 nitrogen and oxygen atoms in total. The lowest BCUT2D eigenvalue weighted by molar-refractivity contribution is 0.115. The zero-order valence-corrected chi connectivity index (χ0v) is 16.6. The molecule has 140 valence electrons. The first-order valence-corrected chi connectivity index (χ1v) is 9.36. The Hall–Kier alpha value is -1.59. The lowest BCUT2D eigenvalue weighted by Crippen LogP contribution is -2.54. The normalized spacial score (nSPS) is 19.4. The highest BCUT2D eigenvalue weighted by Crippen LogP contribution is 2.32. The average molecular weight is 347 g/mol. The van der Waals surface area contributed by atoms with E-state index in [-0.39, 0.29) is 6.03 Å². The second kappa shape index (κ2) is 8.68. The van der Waals surface area contributed by atoms with E-state index in [0.717, 1.165) is 25.3 Å². The quantitative estimate of drug-likeness (QED) is 0.860. The molecule has 2 amide bonds. The second-order valence-corrected chi connectivity index (χ2v) is 7.85. The van der Waals surface area contributed by atoms with Crippen molar-refractivity contribution in [3.63, 3.8) is 0 Å². The van der Waals surface area contributed by atoms with Gasteiger partial charge in [0.2, 0.25) is 0 Å². The molecule has 0 aromatic heterocycles. The van der Waals surface area contributed by atoms with Crippen LogP contribution in [-0.2, 0) is 0 Å². The van der Waals surface area contributed by atoms with Crippen LogP contribution in [0.25, 0.3) is 0 Å². The van der Waals surface area contributed by atoms with E-state index in [0.29, 0.717) is 24.4 Å². The highest BCUT2D eigenvalue weighted by atomic mass is 16.2. The van der Waals surface area contributed by atoms with Gasteiger partial charge in [0, 0.05) is 37.9 Å². The van der Waals surface area contributed by atoms with Gasteiger partial charge in [-0.3, -0.25) is 4.90 Å². The summed E-state index contributed by atoms with van der Waals surface area (Å²) in [5, 5.41) is 6.19. The van der Waals surface area contributed by atoms with Crippen LogP contribution in [0, 0.1) is 0 Å². The summed E-state index contributed by atoms with van der Waals surface area (Å²) in [5.74, 6) is 0.735. The first-order valence-electron chi connectivity index (χ1n) is 9.36. The molecular formula is C20H34N4O. The number of hydrogen-bond acceptors (Lipinski definition) is 3. The number of para-hydroxylation sites is 1. The predicted molar refractivity (Wildman–Crippen MR) is 106 cm³/mol. The number of hydrogen-bond donors (Lipinski definition) is 2. The Morgan fingerprint density at radius 1 is 1.12 bits per heavy atom. The summed E-state index contributed by atoms with van der Waals surface area (Å²) in [4.78, 5) is 17.2. The van der Waals surface area contributed by atoms with Gasteiger partial charge >= 0.3 is 6.03 Å². The fraction of sp³-hybridized carbons (Fsp3) is 0.650. The van der Waals surface area contributed by atoms with Gasteiger partial charge in [0.15, 0.2) is 0 Å². The van der Waals surface area contributed by atoms with E-state index in [4.69, 9.17) is 0 Å². The number of anilines is 1. The fourth-order valence-corrected chi connectivity index (χ4v) is 3.39. The molecule has 1 aromatic rings. The largest absolute Gasteiger partial charge is 0.336 e. The monoisotopic (exact) mass is 346 g/mol. The van der Waals surface area contributed by atoms with Crippen molar-refractivity contribution >= 4 is 11.7 Å². The van der Waals surface area contributed by atoms with Gasteiger partial charge in [0.25, 0.3) is 0 Å². The molecule has 0 radical (unpaired) electrons. The molecule has 0 bridgehead atoms. The zero-order chi connectivity index (χ0) is 18.6. The summed E-state index contributed by atoms with van der Waals surface area (Å²) < 4.78 is 0. The van der Waals surface area contributed by atoms with Gasteiger partial charge in [-0.2, -0.15) is 0 Å². The summed E-state index contributed by atoms with van der Waals surface area (Å²) in [6.45, 7) is 12.4. The van der Waals surface area contributed by atoms with Crippen LogP contribution in [0.4, 0.5) is 10.5 Å². The molecule has 0 spiro atoms. The first kappa shape index (κ1) is 19.7. The van der Waals surface area contributed by atoms with Crippen LogP contribution < -0.4 is 10.6 Å². The maximum atomic E-state index is 12.5. The van der Waals surface area contributed by atoms with Crippen LogP contribution >= 0.6 is 0 Å². The van der Waals surface area contributed by atoms with E-state index in [1.807, 2.05) is 0 Å². The molecule has 2 N–H and O–H groups in total. The molecule has 1 atom stereocenters. The summed E-state index contributed by atoms with van der Waals surface area (Å²) in [5.41, 5.74) is 3.35.